The van der Waals surface area contributed by atoms with Crippen LogP contribution in [0.4, 0.5) is 0 Å². The van der Waals surface area contributed by atoms with Gasteiger partial charge in [-0.2, -0.15) is 0 Å². The zero-order chi connectivity index (χ0) is 20.6. The van der Waals surface area contributed by atoms with E-state index in [0.29, 0.717) is 25.9 Å². The largest absolute Gasteiger partial charge is 0.372 e. The molecule has 1 amide bonds. The van der Waals surface area contributed by atoms with Crippen LogP contribution in [0.15, 0.2) is 12.1 Å². The molecule has 5 heteroatoms. The van der Waals surface area contributed by atoms with Crippen molar-refractivity contribution in [3.63, 3.8) is 0 Å². The summed E-state index contributed by atoms with van der Waals surface area (Å²) in [4.78, 5) is 39.9. The third kappa shape index (κ3) is 3.49. The number of amides is 1. The van der Waals surface area contributed by atoms with Crippen LogP contribution in [0.2, 0.25) is 0 Å². The standard InChI is InChI=1S/C23H27NO4/c1-6-7-17-8-14(2)20(15(3)9-17)21-18(25)10-23(11-19(21)26)12-24(13-23)22(27)16(4)28-5/h8-9,16,21H,10-13H2,1-5H3. The van der Waals surface area contributed by atoms with Gasteiger partial charge in [0.1, 0.15) is 23.6 Å². The lowest BCUT2D eigenvalue weighted by molar-refractivity contribution is -0.161. The Morgan fingerprint density at radius 1 is 1.18 bits per heavy atom. The number of carbonyl (C=O) groups is 3. The molecule has 1 saturated carbocycles. The van der Waals surface area contributed by atoms with Crippen molar-refractivity contribution >= 4 is 17.5 Å². The molecule has 0 bridgehead atoms. The lowest BCUT2D eigenvalue weighted by Gasteiger charge is -2.52. The van der Waals surface area contributed by atoms with E-state index in [-0.39, 0.29) is 17.5 Å². The summed E-state index contributed by atoms with van der Waals surface area (Å²) >= 11 is 0. The van der Waals surface area contributed by atoms with Gasteiger partial charge >= 0.3 is 0 Å². The van der Waals surface area contributed by atoms with E-state index in [1.807, 2.05) is 26.0 Å². The highest BCUT2D eigenvalue weighted by Gasteiger charge is 2.53. The Morgan fingerprint density at radius 3 is 2.18 bits per heavy atom. The first kappa shape index (κ1) is 20.3. The number of Topliss-reactive ketones (excluding diaryl/α,β-unsaturated/α-hetero) is 2. The maximum atomic E-state index is 13.0. The van der Waals surface area contributed by atoms with E-state index < -0.39 is 17.4 Å². The van der Waals surface area contributed by atoms with Crippen LogP contribution in [0.5, 0.6) is 0 Å². The van der Waals surface area contributed by atoms with Gasteiger partial charge in [-0.3, -0.25) is 14.4 Å². The van der Waals surface area contributed by atoms with Gasteiger partial charge in [0.25, 0.3) is 5.91 Å². The molecule has 1 aromatic carbocycles. The molecule has 28 heavy (non-hydrogen) atoms. The minimum absolute atomic E-state index is 0.0383. The average Bonchev–Trinajstić information content (AvgIpc) is 2.60. The van der Waals surface area contributed by atoms with Gasteiger partial charge < -0.3 is 9.64 Å². The van der Waals surface area contributed by atoms with Crippen LogP contribution in [0.3, 0.4) is 0 Å². The van der Waals surface area contributed by atoms with Crippen LogP contribution in [0.25, 0.3) is 0 Å². The monoisotopic (exact) mass is 381 g/mol. The molecule has 148 valence electrons. The highest BCUT2D eigenvalue weighted by molar-refractivity contribution is 6.11. The quantitative estimate of drug-likeness (QED) is 0.596. The smallest absolute Gasteiger partial charge is 0.251 e. The van der Waals surface area contributed by atoms with Crippen LogP contribution in [-0.4, -0.2) is 48.7 Å². The molecule has 1 spiro atoms. The van der Waals surface area contributed by atoms with Gasteiger partial charge in [-0.25, -0.2) is 0 Å². The van der Waals surface area contributed by atoms with Crippen LogP contribution in [0.1, 0.15) is 54.9 Å². The maximum absolute atomic E-state index is 13.0. The number of rotatable bonds is 3. The number of hydrogen-bond donors (Lipinski definition) is 0. The Bertz CT molecular complexity index is 856. The number of likely N-dealkylation sites (tertiary alicyclic amines) is 1. The van der Waals surface area contributed by atoms with E-state index in [9.17, 15) is 14.4 Å². The number of methoxy groups -OCH3 is 1. The van der Waals surface area contributed by atoms with Crippen molar-refractivity contribution in [1.82, 2.24) is 4.90 Å². The first-order chi connectivity index (χ1) is 13.2. The molecule has 1 aromatic rings. The zero-order valence-electron chi connectivity index (χ0n) is 17.2. The zero-order valence-corrected chi connectivity index (χ0v) is 17.2. The SMILES string of the molecule is CC#Cc1cc(C)c(C2C(=O)CC3(CC2=O)CN(C(=O)C(C)OC)C3)c(C)c1. The van der Waals surface area contributed by atoms with Crippen molar-refractivity contribution < 1.29 is 19.1 Å². The van der Waals surface area contributed by atoms with E-state index in [2.05, 4.69) is 11.8 Å². The first-order valence-corrected chi connectivity index (χ1v) is 9.62. The summed E-state index contributed by atoms with van der Waals surface area (Å²) in [6.07, 6.45) is 0.170. The Balaban J connectivity index is 1.79. The van der Waals surface area contributed by atoms with Gasteiger partial charge in [0.15, 0.2) is 0 Å². The van der Waals surface area contributed by atoms with Crippen LogP contribution in [-0.2, 0) is 19.1 Å². The fourth-order valence-corrected chi connectivity index (χ4v) is 4.65. The minimum Gasteiger partial charge on any atom is -0.372 e. The predicted octanol–water partition coefficient (Wildman–Crippen LogP) is 2.55. The van der Waals surface area contributed by atoms with Crippen molar-refractivity contribution in [1.29, 1.82) is 0 Å². The number of ketones is 2. The summed E-state index contributed by atoms with van der Waals surface area (Å²) in [5.41, 5.74) is 3.18. The Labute approximate surface area is 166 Å². The summed E-state index contributed by atoms with van der Waals surface area (Å²) in [7, 11) is 1.50. The van der Waals surface area contributed by atoms with Gasteiger partial charge in [-0.1, -0.05) is 5.92 Å². The molecule has 2 fully saturated rings. The second kappa shape index (κ2) is 7.52. The summed E-state index contributed by atoms with van der Waals surface area (Å²) in [6, 6.07) is 3.89. The lowest BCUT2D eigenvalue weighted by atomic mass is 9.63. The number of carbonyl (C=O) groups excluding carboxylic acids is 3. The summed E-state index contributed by atoms with van der Waals surface area (Å²) in [6.45, 7) is 8.26. The van der Waals surface area contributed by atoms with Crippen LogP contribution >= 0.6 is 0 Å². The molecular weight excluding hydrogens is 354 g/mol. The number of benzene rings is 1. The highest BCUT2D eigenvalue weighted by atomic mass is 16.5. The molecule has 0 radical (unpaired) electrons. The molecule has 1 saturated heterocycles. The minimum atomic E-state index is -0.697. The van der Waals surface area contributed by atoms with E-state index >= 15 is 0 Å². The molecule has 1 heterocycles. The van der Waals surface area contributed by atoms with Crippen LogP contribution < -0.4 is 0 Å². The van der Waals surface area contributed by atoms with Crippen molar-refractivity contribution in [3.8, 4) is 11.8 Å². The molecular formula is C23H27NO4. The van der Waals surface area contributed by atoms with E-state index in [1.165, 1.54) is 7.11 Å². The molecule has 3 rings (SSSR count). The Morgan fingerprint density at radius 2 is 1.71 bits per heavy atom. The molecule has 0 aromatic heterocycles. The van der Waals surface area contributed by atoms with Gasteiger partial charge in [0.2, 0.25) is 0 Å². The molecule has 1 atom stereocenters. The number of nitrogens with zero attached hydrogens (tertiary/aromatic N) is 1. The normalized spacial score (nSPS) is 19.8. The third-order valence-corrected chi connectivity index (χ3v) is 5.96. The predicted molar refractivity (Wildman–Crippen MR) is 106 cm³/mol. The van der Waals surface area contributed by atoms with E-state index in [1.54, 1.807) is 18.7 Å². The lowest BCUT2D eigenvalue weighted by Crippen LogP contribution is -2.63. The summed E-state index contributed by atoms with van der Waals surface area (Å²) in [5, 5.41) is 0. The number of hydrogen-bond acceptors (Lipinski definition) is 4. The summed E-state index contributed by atoms with van der Waals surface area (Å²) in [5.74, 6) is 5.05. The number of aryl methyl sites for hydroxylation is 2. The van der Waals surface area contributed by atoms with Gasteiger partial charge in [0.05, 0.1) is 0 Å². The topological polar surface area (TPSA) is 63.7 Å². The second-order valence-electron chi connectivity index (χ2n) is 8.19. The Hall–Kier alpha value is -2.45. The summed E-state index contributed by atoms with van der Waals surface area (Å²) < 4.78 is 5.08. The van der Waals surface area contributed by atoms with E-state index in [0.717, 1.165) is 22.3 Å². The molecule has 2 aliphatic rings. The fourth-order valence-electron chi connectivity index (χ4n) is 4.65. The van der Waals surface area contributed by atoms with Gasteiger partial charge in [-0.05, 0) is 56.5 Å². The maximum Gasteiger partial charge on any atom is 0.251 e. The molecule has 0 N–H and O–H groups in total. The van der Waals surface area contributed by atoms with Crippen molar-refractivity contribution in [2.75, 3.05) is 20.2 Å². The van der Waals surface area contributed by atoms with Gasteiger partial charge in [-0.15, -0.1) is 5.92 Å². The third-order valence-electron chi connectivity index (χ3n) is 5.96. The average molecular weight is 381 g/mol. The van der Waals surface area contributed by atoms with Gasteiger partial charge in [0, 0.05) is 44.0 Å². The molecule has 1 aliphatic heterocycles. The van der Waals surface area contributed by atoms with Crippen molar-refractivity contribution in [2.24, 2.45) is 5.41 Å². The highest BCUT2D eigenvalue weighted by Crippen LogP contribution is 2.46. The first-order valence-electron chi connectivity index (χ1n) is 9.62. The van der Waals surface area contributed by atoms with Crippen molar-refractivity contribution in [3.05, 3.63) is 34.4 Å². The van der Waals surface area contributed by atoms with Crippen molar-refractivity contribution in [2.45, 2.75) is 52.6 Å². The van der Waals surface area contributed by atoms with E-state index in [4.69, 9.17) is 4.74 Å². The molecule has 5 nitrogen and oxygen atoms in total. The Kier molecular flexibility index (Phi) is 5.45. The second-order valence-corrected chi connectivity index (χ2v) is 8.19. The fraction of sp³-hybridized carbons (Fsp3) is 0.522. The number of ether oxygens (including phenoxy) is 1. The molecule has 1 unspecified atom stereocenters. The molecule has 1 aliphatic carbocycles. The van der Waals surface area contributed by atoms with Crippen LogP contribution in [0, 0.1) is 31.1 Å².